The SMILES string of the molecule is CCCCN1/C(=C/C=C2C(=O)NC3(NC2=O)C2CC4CC(C2)CC3C4)C(C)(C)c2ccccc21. The Bertz CT molecular complexity index is 1050. The van der Waals surface area contributed by atoms with Crippen molar-refractivity contribution in [2.24, 2.45) is 23.7 Å². The topological polar surface area (TPSA) is 61.4 Å². The molecule has 1 aromatic rings. The van der Waals surface area contributed by atoms with Crippen LogP contribution < -0.4 is 15.5 Å². The van der Waals surface area contributed by atoms with Crippen molar-refractivity contribution in [2.45, 2.75) is 76.8 Å². The van der Waals surface area contributed by atoms with Gasteiger partial charge in [0.25, 0.3) is 11.8 Å². The molecule has 5 fully saturated rings. The van der Waals surface area contributed by atoms with E-state index in [1.807, 2.05) is 6.08 Å². The molecule has 0 aromatic heterocycles. The van der Waals surface area contributed by atoms with E-state index in [4.69, 9.17) is 0 Å². The molecule has 0 unspecified atom stereocenters. The van der Waals surface area contributed by atoms with Crippen molar-refractivity contribution in [3.63, 3.8) is 0 Å². The number of fused-ring (bicyclic) bond motifs is 1. The van der Waals surface area contributed by atoms with E-state index >= 15 is 0 Å². The van der Waals surface area contributed by atoms with Gasteiger partial charge in [-0.1, -0.05) is 45.4 Å². The van der Waals surface area contributed by atoms with Crippen LogP contribution in [0.1, 0.15) is 71.3 Å². The van der Waals surface area contributed by atoms with Gasteiger partial charge in [-0.25, -0.2) is 0 Å². The van der Waals surface area contributed by atoms with Gasteiger partial charge in [-0.3, -0.25) is 9.59 Å². The number of carbonyl (C=O) groups excluding carboxylic acids is 2. The summed E-state index contributed by atoms with van der Waals surface area (Å²) in [4.78, 5) is 29.1. The molecule has 180 valence electrons. The lowest BCUT2D eigenvalue weighted by atomic mass is 9.51. The molecule has 0 radical (unpaired) electrons. The molecular weight excluding hydrogens is 422 g/mol. The first-order valence-corrected chi connectivity index (χ1v) is 13.3. The van der Waals surface area contributed by atoms with E-state index in [2.05, 4.69) is 60.6 Å². The molecule has 2 heterocycles. The number of nitrogens with one attached hydrogen (secondary N) is 2. The molecule has 4 bridgehead atoms. The van der Waals surface area contributed by atoms with Gasteiger partial charge >= 0.3 is 0 Å². The molecule has 6 aliphatic rings. The Labute approximate surface area is 203 Å². The molecule has 2 amide bonds. The number of nitrogens with zero attached hydrogens (tertiary/aromatic N) is 1. The highest BCUT2D eigenvalue weighted by Crippen LogP contribution is 2.58. The Balaban J connectivity index is 1.31. The van der Waals surface area contributed by atoms with Crippen LogP contribution in [0.3, 0.4) is 0 Å². The quantitative estimate of drug-likeness (QED) is 0.503. The van der Waals surface area contributed by atoms with Gasteiger partial charge in [-0.15, -0.1) is 0 Å². The van der Waals surface area contributed by atoms with E-state index in [1.165, 1.54) is 17.7 Å². The largest absolute Gasteiger partial charge is 0.344 e. The van der Waals surface area contributed by atoms with Crippen LogP contribution in [-0.2, 0) is 15.0 Å². The van der Waals surface area contributed by atoms with E-state index in [1.54, 1.807) is 6.08 Å². The summed E-state index contributed by atoms with van der Waals surface area (Å²) in [6, 6.07) is 8.55. The van der Waals surface area contributed by atoms with Crippen LogP contribution in [0.2, 0.25) is 0 Å². The number of anilines is 1. The first kappa shape index (κ1) is 21.9. The Morgan fingerprint density at radius 3 is 2.18 bits per heavy atom. The number of amides is 2. The van der Waals surface area contributed by atoms with E-state index in [0.29, 0.717) is 11.8 Å². The average molecular weight is 460 g/mol. The predicted molar refractivity (Wildman–Crippen MR) is 134 cm³/mol. The lowest BCUT2D eigenvalue weighted by Gasteiger charge is -2.62. The molecule has 0 atom stereocenters. The first-order valence-electron chi connectivity index (χ1n) is 13.3. The minimum absolute atomic E-state index is 0.189. The molecule has 1 spiro atoms. The number of para-hydroxylation sites is 1. The van der Waals surface area contributed by atoms with Gasteiger partial charge in [-0.2, -0.15) is 0 Å². The second-order valence-corrected chi connectivity index (χ2v) is 11.9. The summed E-state index contributed by atoms with van der Waals surface area (Å²) in [6.45, 7) is 7.59. The van der Waals surface area contributed by atoms with Crippen LogP contribution in [0.15, 0.2) is 47.7 Å². The summed E-state index contributed by atoms with van der Waals surface area (Å²) < 4.78 is 0. The van der Waals surface area contributed by atoms with Crippen molar-refractivity contribution in [1.82, 2.24) is 10.6 Å². The highest BCUT2D eigenvalue weighted by Gasteiger charge is 2.60. The lowest BCUT2D eigenvalue weighted by molar-refractivity contribution is -0.147. The van der Waals surface area contributed by atoms with Gasteiger partial charge in [0, 0.05) is 35.2 Å². The van der Waals surface area contributed by atoms with Crippen LogP contribution in [0.25, 0.3) is 0 Å². The van der Waals surface area contributed by atoms with Gasteiger partial charge in [0.15, 0.2) is 0 Å². The zero-order valence-corrected chi connectivity index (χ0v) is 20.7. The van der Waals surface area contributed by atoms with Crippen molar-refractivity contribution in [3.05, 3.63) is 53.3 Å². The normalized spacial score (nSPS) is 36.1. The zero-order chi connectivity index (χ0) is 23.7. The van der Waals surface area contributed by atoms with Crippen molar-refractivity contribution in [3.8, 4) is 0 Å². The molecule has 7 rings (SSSR count). The van der Waals surface area contributed by atoms with Gasteiger partial charge in [0.1, 0.15) is 11.2 Å². The monoisotopic (exact) mass is 459 g/mol. The maximum absolute atomic E-state index is 13.4. The highest BCUT2D eigenvalue weighted by atomic mass is 16.2. The van der Waals surface area contributed by atoms with Crippen molar-refractivity contribution < 1.29 is 9.59 Å². The number of unbranched alkanes of at least 4 members (excludes halogenated alkanes) is 1. The first-order chi connectivity index (χ1) is 16.3. The summed E-state index contributed by atoms with van der Waals surface area (Å²) in [5.41, 5.74) is 3.18. The summed E-state index contributed by atoms with van der Waals surface area (Å²) >= 11 is 0. The third kappa shape index (κ3) is 3.11. The van der Waals surface area contributed by atoms with Crippen molar-refractivity contribution in [2.75, 3.05) is 11.4 Å². The Morgan fingerprint density at radius 2 is 1.56 bits per heavy atom. The summed E-state index contributed by atoms with van der Waals surface area (Å²) in [5, 5.41) is 6.66. The van der Waals surface area contributed by atoms with Gasteiger partial charge in [0.2, 0.25) is 0 Å². The van der Waals surface area contributed by atoms with Gasteiger partial charge < -0.3 is 15.5 Å². The van der Waals surface area contributed by atoms with Crippen LogP contribution >= 0.6 is 0 Å². The molecule has 2 N–H and O–H groups in total. The number of allylic oxidation sites excluding steroid dienone is 3. The van der Waals surface area contributed by atoms with Crippen LogP contribution in [0.4, 0.5) is 5.69 Å². The standard InChI is InChI=1S/C29H37N3O2/c1-4-5-12-32-24-9-7-6-8-23(24)28(2,3)25(32)11-10-22-26(33)30-29(31-27(22)34)20-14-18-13-19(16-20)17-21(29)15-18/h6-11,18-21H,4-5,12-17H2,1-3H3,(H,30,33)(H,31,34)/b22-10?,25-11+. The maximum Gasteiger partial charge on any atom is 0.258 e. The Kier molecular flexibility index (Phi) is 4.98. The van der Waals surface area contributed by atoms with Crippen LogP contribution in [0, 0.1) is 23.7 Å². The van der Waals surface area contributed by atoms with E-state index in [0.717, 1.165) is 62.6 Å². The third-order valence-electron chi connectivity index (χ3n) is 9.50. The van der Waals surface area contributed by atoms with Crippen molar-refractivity contribution in [1.29, 1.82) is 0 Å². The predicted octanol–water partition coefficient (Wildman–Crippen LogP) is 4.79. The van der Waals surface area contributed by atoms with Gasteiger partial charge in [0.05, 0.1) is 0 Å². The zero-order valence-electron chi connectivity index (χ0n) is 20.7. The molecule has 5 heteroatoms. The molecule has 1 saturated heterocycles. The summed E-state index contributed by atoms with van der Waals surface area (Å²) in [5.74, 6) is 1.91. The van der Waals surface area contributed by atoms with E-state index in [-0.39, 0.29) is 22.8 Å². The minimum atomic E-state index is -0.526. The lowest BCUT2D eigenvalue weighted by Crippen LogP contribution is -2.76. The summed E-state index contributed by atoms with van der Waals surface area (Å²) in [7, 11) is 0. The molecule has 4 saturated carbocycles. The number of carbonyl (C=O) groups is 2. The van der Waals surface area contributed by atoms with E-state index in [9.17, 15) is 9.59 Å². The Hall–Kier alpha value is -2.56. The van der Waals surface area contributed by atoms with Crippen LogP contribution in [-0.4, -0.2) is 24.0 Å². The number of hydrogen-bond donors (Lipinski definition) is 2. The molecular formula is C29H37N3O2. The third-order valence-corrected chi connectivity index (χ3v) is 9.50. The molecule has 5 nitrogen and oxygen atoms in total. The number of hydrogen-bond acceptors (Lipinski definition) is 3. The van der Waals surface area contributed by atoms with E-state index < -0.39 is 5.66 Å². The molecule has 4 aliphatic carbocycles. The number of rotatable bonds is 4. The fourth-order valence-corrected chi connectivity index (χ4v) is 7.99. The smallest absolute Gasteiger partial charge is 0.258 e. The van der Waals surface area contributed by atoms with Crippen molar-refractivity contribution >= 4 is 17.5 Å². The average Bonchev–Trinajstić information content (AvgIpc) is 3.01. The maximum atomic E-state index is 13.4. The molecule has 34 heavy (non-hydrogen) atoms. The molecule has 2 aliphatic heterocycles. The highest BCUT2D eigenvalue weighted by molar-refractivity contribution is 6.20. The molecule has 1 aromatic carbocycles. The van der Waals surface area contributed by atoms with Gasteiger partial charge in [-0.05, 0) is 74.1 Å². The fourth-order valence-electron chi connectivity index (χ4n) is 7.99. The Morgan fingerprint density at radius 1 is 0.941 bits per heavy atom. The van der Waals surface area contributed by atoms with Crippen LogP contribution in [0.5, 0.6) is 0 Å². The minimum Gasteiger partial charge on any atom is -0.344 e. The summed E-state index contributed by atoms with van der Waals surface area (Å²) in [6.07, 6.45) is 11.9. The number of benzene rings is 1. The second-order valence-electron chi connectivity index (χ2n) is 11.9. The fraction of sp³-hybridized carbons (Fsp3) is 0.586. The second kappa shape index (κ2) is 7.73.